The highest BCUT2D eigenvalue weighted by Crippen LogP contribution is 2.20. The summed E-state index contributed by atoms with van der Waals surface area (Å²) in [5.74, 6) is 0.551. The maximum absolute atomic E-state index is 5.77. The molecule has 66 valence electrons. The topological polar surface area (TPSA) is 51.8 Å². The van der Waals surface area contributed by atoms with Crippen molar-refractivity contribution in [3.05, 3.63) is 24.3 Å². The van der Waals surface area contributed by atoms with Gasteiger partial charge >= 0.3 is 0 Å². The van der Waals surface area contributed by atoms with E-state index in [1.807, 2.05) is 30.5 Å². The fraction of sp³-hybridized carbons (Fsp3) is 0.111. The van der Waals surface area contributed by atoms with Gasteiger partial charge in [-0.15, -0.1) is 0 Å². The van der Waals surface area contributed by atoms with Crippen molar-refractivity contribution < 1.29 is 0 Å². The number of nitrogen functional groups attached to an aromatic ring is 1. The first-order chi connectivity index (χ1) is 6.31. The van der Waals surface area contributed by atoms with Crippen LogP contribution in [0, 0.1) is 0 Å². The summed E-state index contributed by atoms with van der Waals surface area (Å²) in [6.45, 7) is 0. The van der Waals surface area contributed by atoms with Crippen molar-refractivity contribution in [1.82, 2.24) is 9.97 Å². The Morgan fingerprint density at radius 2 is 2.00 bits per heavy atom. The van der Waals surface area contributed by atoms with Gasteiger partial charge in [0.2, 0.25) is 0 Å². The fourth-order valence-corrected chi connectivity index (χ4v) is 1.55. The second-order valence-corrected chi connectivity index (χ2v) is 3.39. The van der Waals surface area contributed by atoms with E-state index in [9.17, 15) is 0 Å². The van der Waals surface area contributed by atoms with E-state index in [-0.39, 0.29) is 0 Å². The zero-order valence-corrected chi connectivity index (χ0v) is 8.01. The molecule has 0 spiro atoms. The molecule has 0 saturated heterocycles. The molecule has 2 aromatic rings. The lowest BCUT2D eigenvalue weighted by Gasteiger charge is -2.01. The minimum absolute atomic E-state index is 0.551. The monoisotopic (exact) mass is 191 g/mol. The highest BCUT2D eigenvalue weighted by Gasteiger charge is 2.02. The highest BCUT2D eigenvalue weighted by atomic mass is 32.2. The van der Waals surface area contributed by atoms with Gasteiger partial charge in [-0.05, 0) is 18.4 Å². The van der Waals surface area contributed by atoms with E-state index in [1.165, 1.54) is 11.8 Å². The number of para-hydroxylation sites is 1. The molecule has 0 aliphatic heterocycles. The molecule has 3 nitrogen and oxygen atoms in total. The summed E-state index contributed by atoms with van der Waals surface area (Å²) >= 11 is 1.50. The van der Waals surface area contributed by atoms with Crippen molar-refractivity contribution in [3.63, 3.8) is 0 Å². The lowest BCUT2D eigenvalue weighted by molar-refractivity contribution is 1.02. The Morgan fingerprint density at radius 1 is 1.23 bits per heavy atom. The molecule has 1 heterocycles. The SMILES string of the molecule is CSc1nc(N)c2ccccc2n1. The molecule has 1 aromatic heterocycles. The minimum Gasteiger partial charge on any atom is -0.383 e. The van der Waals surface area contributed by atoms with E-state index >= 15 is 0 Å². The maximum Gasteiger partial charge on any atom is 0.189 e. The Hall–Kier alpha value is -1.29. The second-order valence-electron chi connectivity index (χ2n) is 2.61. The van der Waals surface area contributed by atoms with Crippen molar-refractivity contribution in [1.29, 1.82) is 0 Å². The van der Waals surface area contributed by atoms with Crippen molar-refractivity contribution in [2.75, 3.05) is 12.0 Å². The Balaban J connectivity index is 2.77. The van der Waals surface area contributed by atoms with Gasteiger partial charge < -0.3 is 5.73 Å². The number of benzene rings is 1. The van der Waals surface area contributed by atoms with Crippen LogP contribution in [-0.2, 0) is 0 Å². The van der Waals surface area contributed by atoms with Crippen molar-refractivity contribution in [2.24, 2.45) is 0 Å². The first-order valence-corrected chi connectivity index (χ1v) is 5.10. The van der Waals surface area contributed by atoms with Gasteiger partial charge in [0.05, 0.1) is 5.52 Å². The molecule has 0 saturated carbocycles. The normalized spacial score (nSPS) is 10.5. The molecule has 0 aliphatic carbocycles. The van der Waals surface area contributed by atoms with Crippen LogP contribution in [-0.4, -0.2) is 16.2 Å². The lowest BCUT2D eigenvalue weighted by Crippen LogP contribution is -1.95. The van der Waals surface area contributed by atoms with E-state index in [0.717, 1.165) is 16.1 Å². The first kappa shape index (κ1) is 8.31. The quantitative estimate of drug-likeness (QED) is 0.552. The second kappa shape index (κ2) is 3.22. The first-order valence-electron chi connectivity index (χ1n) is 3.87. The Morgan fingerprint density at radius 3 is 2.77 bits per heavy atom. The van der Waals surface area contributed by atoms with Crippen LogP contribution in [0.1, 0.15) is 0 Å². The summed E-state index contributed by atoms with van der Waals surface area (Å²) < 4.78 is 0. The zero-order valence-electron chi connectivity index (χ0n) is 7.19. The summed E-state index contributed by atoms with van der Waals surface area (Å²) in [7, 11) is 0. The molecular formula is C9H9N3S. The van der Waals surface area contributed by atoms with Crippen LogP contribution in [0.2, 0.25) is 0 Å². The average molecular weight is 191 g/mol. The molecule has 0 atom stereocenters. The largest absolute Gasteiger partial charge is 0.383 e. The molecule has 0 amide bonds. The van der Waals surface area contributed by atoms with Crippen molar-refractivity contribution in [2.45, 2.75) is 5.16 Å². The van der Waals surface area contributed by atoms with E-state index in [1.54, 1.807) is 0 Å². The molecule has 2 rings (SSSR count). The number of hydrogen-bond donors (Lipinski definition) is 1. The molecule has 4 heteroatoms. The summed E-state index contributed by atoms with van der Waals surface area (Å²) in [5, 5.41) is 1.64. The van der Waals surface area contributed by atoms with Gasteiger partial charge in [0, 0.05) is 5.39 Å². The van der Waals surface area contributed by atoms with E-state index in [0.29, 0.717) is 5.82 Å². The molecule has 0 radical (unpaired) electrons. The van der Waals surface area contributed by atoms with Crippen LogP contribution >= 0.6 is 11.8 Å². The smallest absolute Gasteiger partial charge is 0.189 e. The fourth-order valence-electron chi connectivity index (χ4n) is 1.17. The van der Waals surface area contributed by atoms with Gasteiger partial charge in [0.25, 0.3) is 0 Å². The molecule has 0 fully saturated rings. The Labute approximate surface area is 80.4 Å². The van der Waals surface area contributed by atoms with Crippen LogP contribution < -0.4 is 5.73 Å². The van der Waals surface area contributed by atoms with Gasteiger partial charge in [-0.25, -0.2) is 9.97 Å². The number of anilines is 1. The highest BCUT2D eigenvalue weighted by molar-refractivity contribution is 7.98. The van der Waals surface area contributed by atoms with Crippen LogP contribution in [0.5, 0.6) is 0 Å². The van der Waals surface area contributed by atoms with Gasteiger partial charge in [-0.2, -0.15) is 0 Å². The maximum atomic E-state index is 5.77. The van der Waals surface area contributed by atoms with Crippen LogP contribution in [0.15, 0.2) is 29.4 Å². The molecule has 13 heavy (non-hydrogen) atoms. The van der Waals surface area contributed by atoms with Crippen LogP contribution in [0.3, 0.4) is 0 Å². The standard InChI is InChI=1S/C9H9N3S/c1-13-9-11-7-5-3-2-4-6(7)8(10)12-9/h2-5H,1H3,(H2,10,11,12). The Kier molecular flexibility index (Phi) is 2.06. The predicted octanol–water partition coefficient (Wildman–Crippen LogP) is 1.93. The predicted molar refractivity (Wildman–Crippen MR) is 55.7 cm³/mol. The third kappa shape index (κ3) is 1.45. The summed E-state index contributed by atoms with van der Waals surface area (Å²) in [5.41, 5.74) is 6.67. The van der Waals surface area contributed by atoms with Crippen molar-refractivity contribution in [3.8, 4) is 0 Å². The molecule has 2 N–H and O–H groups in total. The third-order valence-corrected chi connectivity index (χ3v) is 2.34. The molecule has 0 unspecified atom stereocenters. The summed E-state index contributed by atoms with van der Waals surface area (Å²) in [6.07, 6.45) is 1.93. The number of rotatable bonds is 1. The molecular weight excluding hydrogens is 182 g/mol. The van der Waals surface area contributed by atoms with Crippen molar-refractivity contribution >= 4 is 28.5 Å². The number of thioether (sulfide) groups is 1. The van der Waals surface area contributed by atoms with Gasteiger partial charge in [-0.1, -0.05) is 23.9 Å². The van der Waals surface area contributed by atoms with Crippen LogP contribution in [0.25, 0.3) is 10.9 Å². The minimum atomic E-state index is 0.551. The number of nitrogens with zero attached hydrogens (tertiary/aromatic N) is 2. The van der Waals surface area contributed by atoms with Gasteiger partial charge in [-0.3, -0.25) is 0 Å². The van der Waals surface area contributed by atoms with E-state index in [2.05, 4.69) is 9.97 Å². The number of aromatic nitrogens is 2. The third-order valence-electron chi connectivity index (χ3n) is 1.79. The summed E-state index contributed by atoms with van der Waals surface area (Å²) in [4.78, 5) is 8.48. The molecule has 0 bridgehead atoms. The Bertz CT molecular complexity index is 442. The molecule has 1 aromatic carbocycles. The van der Waals surface area contributed by atoms with E-state index < -0.39 is 0 Å². The van der Waals surface area contributed by atoms with Crippen LogP contribution in [0.4, 0.5) is 5.82 Å². The number of hydrogen-bond acceptors (Lipinski definition) is 4. The van der Waals surface area contributed by atoms with E-state index in [4.69, 9.17) is 5.73 Å². The average Bonchev–Trinajstić information content (AvgIpc) is 2.18. The summed E-state index contributed by atoms with van der Waals surface area (Å²) in [6, 6.07) is 7.74. The number of nitrogens with two attached hydrogens (primary N) is 1. The zero-order chi connectivity index (χ0) is 9.26. The molecule has 0 aliphatic rings. The van der Waals surface area contributed by atoms with Gasteiger partial charge in [0.1, 0.15) is 5.82 Å². The van der Waals surface area contributed by atoms with Gasteiger partial charge in [0.15, 0.2) is 5.16 Å². The lowest BCUT2D eigenvalue weighted by atomic mass is 10.2. The number of fused-ring (bicyclic) bond motifs is 1.